The van der Waals surface area contributed by atoms with E-state index < -0.39 is 5.41 Å². The number of pyridine rings is 1. The molecular weight excluding hydrogens is 224 g/mol. The Morgan fingerprint density at radius 2 is 1.89 bits per heavy atom. The number of aromatic nitrogens is 1. The number of aryl methyl sites for hydroxylation is 1. The number of hydrogen-bond donors (Lipinski definition) is 1. The van der Waals surface area contributed by atoms with Crippen LogP contribution in [0.25, 0.3) is 10.9 Å². The standard InChI is InChI=1S/C15H18N2O/c1-10-13(17-14(18)15(2,3)4)9-11-7-5-6-8-12(11)16-10/h5-9H,1-4H3,(H,17,18). The molecule has 1 N–H and O–H groups in total. The zero-order chi connectivity index (χ0) is 13.3. The van der Waals surface area contributed by atoms with Crippen molar-refractivity contribution in [3.8, 4) is 0 Å². The highest BCUT2D eigenvalue weighted by molar-refractivity contribution is 5.96. The summed E-state index contributed by atoms with van der Waals surface area (Å²) in [5.41, 5.74) is 2.17. The maximum absolute atomic E-state index is 12.0. The summed E-state index contributed by atoms with van der Waals surface area (Å²) in [6.07, 6.45) is 0. The summed E-state index contributed by atoms with van der Waals surface area (Å²) in [6.45, 7) is 7.59. The van der Waals surface area contributed by atoms with Crippen molar-refractivity contribution in [3.05, 3.63) is 36.0 Å². The summed E-state index contributed by atoms with van der Waals surface area (Å²) in [6, 6.07) is 9.87. The number of carbonyl (C=O) groups is 1. The SMILES string of the molecule is Cc1nc2ccccc2cc1NC(=O)C(C)(C)C. The van der Waals surface area contributed by atoms with Crippen LogP contribution in [0.2, 0.25) is 0 Å². The Morgan fingerprint density at radius 3 is 2.56 bits per heavy atom. The van der Waals surface area contributed by atoms with E-state index in [2.05, 4.69) is 10.3 Å². The lowest BCUT2D eigenvalue weighted by Gasteiger charge is -2.18. The lowest BCUT2D eigenvalue weighted by molar-refractivity contribution is -0.123. The van der Waals surface area contributed by atoms with Gasteiger partial charge < -0.3 is 5.32 Å². The number of nitrogens with one attached hydrogen (secondary N) is 1. The lowest BCUT2D eigenvalue weighted by atomic mass is 9.95. The van der Waals surface area contributed by atoms with Crippen LogP contribution in [0.4, 0.5) is 5.69 Å². The summed E-state index contributed by atoms with van der Waals surface area (Å²) >= 11 is 0. The van der Waals surface area contributed by atoms with Crippen LogP contribution in [-0.4, -0.2) is 10.9 Å². The van der Waals surface area contributed by atoms with Gasteiger partial charge in [-0.15, -0.1) is 0 Å². The van der Waals surface area contributed by atoms with Crippen molar-refractivity contribution in [1.29, 1.82) is 0 Å². The largest absolute Gasteiger partial charge is 0.324 e. The molecule has 3 heteroatoms. The second-order valence-corrected chi connectivity index (χ2v) is 5.52. The molecule has 0 saturated heterocycles. The van der Waals surface area contributed by atoms with Crippen LogP contribution in [0, 0.1) is 12.3 Å². The number of amides is 1. The van der Waals surface area contributed by atoms with Gasteiger partial charge >= 0.3 is 0 Å². The smallest absolute Gasteiger partial charge is 0.229 e. The highest BCUT2D eigenvalue weighted by Gasteiger charge is 2.21. The zero-order valence-electron chi connectivity index (χ0n) is 11.2. The molecule has 0 radical (unpaired) electrons. The Hall–Kier alpha value is -1.90. The molecule has 0 saturated carbocycles. The van der Waals surface area contributed by atoms with Gasteiger partial charge in [-0.05, 0) is 19.1 Å². The number of anilines is 1. The first kappa shape index (κ1) is 12.6. The fourth-order valence-corrected chi connectivity index (χ4v) is 1.65. The number of rotatable bonds is 1. The third-order valence-electron chi connectivity index (χ3n) is 2.84. The third kappa shape index (κ3) is 2.50. The summed E-state index contributed by atoms with van der Waals surface area (Å²) < 4.78 is 0. The zero-order valence-corrected chi connectivity index (χ0v) is 11.2. The molecule has 0 spiro atoms. The van der Waals surface area contributed by atoms with Crippen molar-refractivity contribution >= 4 is 22.5 Å². The second-order valence-electron chi connectivity index (χ2n) is 5.52. The van der Waals surface area contributed by atoms with E-state index in [1.165, 1.54) is 0 Å². The Labute approximate surface area is 107 Å². The number of nitrogens with zero attached hydrogens (tertiary/aromatic N) is 1. The van der Waals surface area contributed by atoms with Gasteiger partial charge in [0.2, 0.25) is 5.91 Å². The Morgan fingerprint density at radius 1 is 1.22 bits per heavy atom. The first-order valence-electron chi connectivity index (χ1n) is 6.06. The molecule has 1 aromatic carbocycles. The molecule has 0 bridgehead atoms. The molecule has 94 valence electrons. The van der Waals surface area contributed by atoms with E-state index in [0.717, 1.165) is 22.3 Å². The van der Waals surface area contributed by atoms with Gasteiger partial charge in [-0.25, -0.2) is 0 Å². The lowest BCUT2D eigenvalue weighted by Crippen LogP contribution is -2.28. The molecule has 0 unspecified atom stereocenters. The van der Waals surface area contributed by atoms with Crippen LogP contribution in [0.15, 0.2) is 30.3 Å². The first-order chi connectivity index (χ1) is 8.38. The summed E-state index contributed by atoms with van der Waals surface area (Å²) in [7, 11) is 0. The number of para-hydroxylation sites is 1. The topological polar surface area (TPSA) is 42.0 Å². The maximum Gasteiger partial charge on any atom is 0.229 e. The molecule has 0 aliphatic carbocycles. The normalized spacial score (nSPS) is 11.6. The molecule has 0 aliphatic heterocycles. The van der Waals surface area contributed by atoms with E-state index in [1.807, 2.05) is 58.0 Å². The minimum atomic E-state index is -0.405. The van der Waals surface area contributed by atoms with E-state index in [1.54, 1.807) is 0 Å². The van der Waals surface area contributed by atoms with Gasteiger partial charge in [0.05, 0.1) is 16.9 Å². The molecule has 18 heavy (non-hydrogen) atoms. The molecule has 2 aromatic rings. The minimum absolute atomic E-state index is 0.00248. The van der Waals surface area contributed by atoms with E-state index in [-0.39, 0.29) is 5.91 Å². The predicted octanol–water partition coefficient (Wildman–Crippen LogP) is 3.53. The quantitative estimate of drug-likeness (QED) is 0.831. The number of fused-ring (bicyclic) bond motifs is 1. The molecular formula is C15H18N2O. The van der Waals surface area contributed by atoms with Crippen molar-refractivity contribution < 1.29 is 4.79 Å². The van der Waals surface area contributed by atoms with Crippen LogP contribution < -0.4 is 5.32 Å². The number of carbonyl (C=O) groups excluding carboxylic acids is 1. The minimum Gasteiger partial charge on any atom is -0.324 e. The van der Waals surface area contributed by atoms with Crippen LogP contribution in [0.1, 0.15) is 26.5 Å². The summed E-state index contributed by atoms with van der Waals surface area (Å²) in [5.74, 6) is 0.00248. The Kier molecular flexibility index (Phi) is 3.07. The average molecular weight is 242 g/mol. The average Bonchev–Trinajstić information content (AvgIpc) is 2.28. The van der Waals surface area contributed by atoms with Crippen molar-refractivity contribution in [2.24, 2.45) is 5.41 Å². The van der Waals surface area contributed by atoms with Crippen LogP contribution in [0.5, 0.6) is 0 Å². The molecule has 1 aromatic heterocycles. The molecule has 2 rings (SSSR count). The molecule has 0 aliphatic rings. The number of hydrogen-bond acceptors (Lipinski definition) is 2. The molecule has 3 nitrogen and oxygen atoms in total. The number of benzene rings is 1. The molecule has 1 amide bonds. The fraction of sp³-hybridized carbons (Fsp3) is 0.333. The molecule has 0 fully saturated rings. The van der Waals surface area contributed by atoms with Gasteiger partial charge in [-0.2, -0.15) is 0 Å². The van der Waals surface area contributed by atoms with Crippen LogP contribution in [-0.2, 0) is 4.79 Å². The van der Waals surface area contributed by atoms with Gasteiger partial charge in [0.25, 0.3) is 0 Å². The van der Waals surface area contributed by atoms with Gasteiger partial charge in [0, 0.05) is 10.8 Å². The van der Waals surface area contributed by atoms with Gasteiger partial charge in [0.15, 0.2) is 0 Å². The van der Waals surface area contributed by atoms with Gasteiger partial charge in [-0.3, -0.25) is 9.78 Å². The van der Waals surface area contributed by atoms with Crippen molar-refractivity contribution in [1.82, 2.24) is 4.98 Å². The van der Waals surface area contributed by atoms with Crippen molar-refractivity contribution in [3.63, 3.8) is 0 Å². The molecule has 0 atom stereocenters. The highest BCUT2D eigenvalue weighted by Crippen LogP contribution is 2.23. The van der Waals surface area contributed by atoms with E-state index in [9.17, 15) is 4.79 Å². The molecule has 1 heterocycles. The third-order valence-corrected chi connectivity index (χ3v) is 2.84. The Bertz CT molecular complexity index is 597. The first-order valence-corrected chi connectivity index (χ1v) is 6.06. The van der Waals surface area contributed by atoms with Gasteiger partial charge in [-0.1, -0.05) is 39.0 Å². The highest BCUT2D eigenvalue weighted by atomic mass is 16.2. The van der Waals surface area contributed by atoms with Crippen molar-refractivity contribution in [2.45, 2.75) is 27.7 Å². The van der Waals surface area contributed by atoms with Crippen LogP contribution in [0.3, 0.4) is 0 Å². The predicted molar refractivity (Wildman–Crippen MR) is 74.6 cm³/mol. The fourth-order valence-electron chi connectivity index (χ4n) is 1.65. The van der Waals surface area contributed by atoms with E-state index >= 15 is 0 Å². The van der Waals surface area contributed by atoms with Gasteiger partial charge in [0.1, 0.15) is 0 Å². The van der Waals surface area contributed by atoms with E-state index in [0.29, 0.717) is 0 Å². The second kappa shape index (κ2) is 4.41. The van der Waals surface area contributed by atoms with E-state index in [4.69, 9.17) is 0 Å². The van der Waals surface area contributed by atoms with Crippen molar-refractivity contribution in [2.75, 3.05) is 5.32 Å². The summed E-state index contributed by atoms with van der Waals surface area (Å²) in [4.78, 5) is 16.5. The summed E-state index contributed by atoms with van der Waals surface area (Å²) in [5, 5.41) is 3.98. The van der Waals surface area contributed by atoms with Crippen LogP contribution >= 0.6 is 0 Å². The maximum atomic E-state index is 12.0. The monoisotopic (exact) mass is 242 g/mol. The Balaban J connectivity index is 2.40.